The Morgan fingerprint density at radius 1 is 1.07 bits per heavy atom. The van der Waals surface area contributed by atoms with Crippen LogP contribution in [0.3, 0.4) is 0 Å². The molecule has 150 valence electrons. The molecule has 28 heavy (non-hydrogen) atoms. The van der Waals surface area contributed by atoms with E-state index >= 15 is 0 Å². The van der Waals surface area contributed by atoms with Crippen LogP contribution in [-0.2, 0) is 21.1 Å². The second-order valence-electron chi connectivity index (χ2n) is 6.93. The van der Waals surface area contributed by atoms with Crippen molar-refractivity contribution >= 4 is 31.7 Å². The van der Waals surface area contributed by atoms with Crippen molar-refractivity contribution in [3.63, 3.8) is 0 Å². The second-order valence-corrected chi connectivity index (χ2v) is 10.1. The summed E-state index contributed by atoms with van der Waals surface area (Å²) in [6, 6.07) is 14.4. The van der Waals surface area contributed by atoms with Crippen molar-refractivity contribution in [2.75, 3.05) is 20.2 Å². The second kappa shape index (κ2) is 9.09. The summed E-state index contributed by atoms with van der Waals surface area (Å²) in [5, 5.41) is -0.448. The van der Waals surface area contributed by atoms with Crippen LogP contribution in [0.15, 0.2) is 57.9 Å². The molecule has 1 aliphatic heterocycles. The molecule has 0 aliphatic carbocycles. The molecule has 0 aromatic heterocycles. The molecule has 1 fully saturated rings. The molecule has 0 atom stereocenters. The van der Waals surface area contributed by atoms with Crippen LogP contribution in [0.1, 0.15) is 24.8 Å². The molecule has 0 unspecified atom stereocenters. The quantitative estimate of drug-likeness (QED) is 0.649. The lowest BCUT2D eigenvalue weighted by molar-refractivity contribution is -0.132. The van der Waals surface area contributed by atoms with Gasteiger partial charge in [0.2, 0.25) is 5.91 Å². The van der Waals surface area contributed by atoms with E-state index in [9.17, 15) is 13.2 Å². The number of rotatable bonds is 6. The Morgan fingerprint density at radius 2 is 1.68 bits per heavy atom. The summed E-state index contributed by atoms with van der Waals surface area (Å²) >= 11 is 3.40. The Hall–Kier alpha value is -1.86. The first-order valence-electron chi connectivity index (χ1n) is 9.30. The molecule has 1 amide bonds. The molecular weight excluding hydrogens is 442 g/mol. The van der Waals surface area contributed by atoms with Crippen LogP contribution in [0.25, 0.3) is 0 Å². The van der Waals surface area contributed by atoms with Gasteiger partial charge in [-0.1, -0.05) is 28.1 Å². The van der Waals surface area contributed by atoms with Crippen LogP contribution in [0.2, 0.25) is 0 Å². The number of methoxy groups -OCH3 is 1. The van der Waals surface area contributed by atoms with Gasteiger partial charge in [-0.3, -0.25) is 4.79 Å². The molecule has 0 spiro atoms. The Bertz CT molecular complexity index is 902. The van der Waals surface area contributed by atoms with Crippen molar-refractivity contribution in [1.29, 1.82) is 0 Å². The minimum absolute atomic E-state index is 0.0863. The number of halogens is 1. The van der Waals surface area contributed by atoms with Crippen molar-refractivity contribution in [1.82, 2.24) is 4.90 Å². The first-order chi connectivity index (χ1) is 13.4. The van der Waals surface area contributed by atoms with Gasteiger partial charge in [0.15, 0.2) is 9.84 Å². The molecule has 0 bridgehead atoms. The number of nitrogens with zero attached hydrogens (tertiary/aromatic N) is 1. The van der Waals surface area contributed by atoms with E-state index in [0.717, 1.165) is 10.0 Å². The van der Waals surface area contributed by atoms with E-state index in [1.807, 2.05) is 24.3 Å². The smallest absolute Gasteiger partial charge is 0.222 e. The molecule has 1 aliphatic rings. The predicted molar refractivity (Wildman–Crippen MR) is 112 cm³/mol. The van der Waals surface area contributed by atoms with Crippen LogP contribution < -0.4 is 4.74 Å². The molecule has 2 aromatic rings. The summed E-state index contributed by atoms with van der Waals surface area (Å²) in [6.45, 7) is 0.971. The van der Waals surface area contributed by atoms with E-state index in [1.165, 1.54) is 0 Å². The van der Waals surface area contributed by atoms with Gasteiger partial charge in [-0.2, -0.15) is 0 Å². The van der Waals surface area contributed by atoms with Crippen LogP contribution in [-0.4, -0.2) is 44.7 Å². The highest BCUT2D eigenvalue weighted by Gasteiger charge is 2.32. The summed E-state index contributed by atoms with van der Waals surface area (Å²) in [7, 11) is -1.84. The summed E-state index contributed by atoms with van der Waals surface area (Å²) in [6.07, 6.45) is 2.07. The number of hydrogen-bond donors (Lipinski definition) is 0. The van der Waals surface area contributed by atoms with E-state index in [0.29, 0.717) is 49.4 Å². The minimum atomic E-state index is -3.39. The SMILES string of the molecule is COc1ccc(S(=O)(=O)C2CCN(C(=O)CCc3ccc(Br)cc3)CC2)cc1. The number of benzene rings is 2. The zero-order valence-corrected chi connectivity index (χ0v) is 18.2. The monoisotopic (exact) mass is 465 g/mol. The number of carbonyl (C=O) groups is 1. The lowest BCUT2D eigenvalue weighted by Gasteiger charge is -2.32. The Labute approximate surface area is 174 Å². The van der Waals surface area contributed by atoms with Crippen molar-refractivity contribution in [3.8, 4) is 5.75 Å². The van der Waals surface area contributed by atoms with Crippen molar-refractivity contribution in [2.45, 2.75) is 35.8 Å². The van der Waals surface area contributed by atoms with E-state index in [4.69, 9.17) is 4.74 Å². The van der Waals surface area contributed by atoms with E-state index in [-0.39, 0.29) is 5.91 Å². The van der Waals surface area contributed by atoms with Crippen LogP contribution in [0.4, 0.5) is 0 Å². The van der Waals surface area contributed by atoms with Gasteiger partial charge in [-0.15, -0.1) is 0 Å². The topological polar surface area (TPSA) is 63.7 Å². The number of carbonyl (C=O) groups excluding carboxylic acids is 1. The molecular formula is C21H24BrNO4S. The van der Waals surface area contributed by atoms with Crippen molar-refractivity contribution in [3.05, 3.63) is 58.6 Å². The van der Waals surface area contributed by atoms with Gasteiger partial charge in [0.1, 0.15) is 5.75 Å². The Morgan fingerprint density at radius 3 is 2.25 bits per heavy atom. The van der Waals surface area contributed by atoms with Gasteiger partial charge in [0, 0.05) is 24.0 Å². The number of aryl methyl sites for hydroxylation is 1. The molecule has 0 N–H and O–H groups in total. The maximum absolute atomic E-state index is 12.9. The van der Waals surface area contributed by atoms with Gasteiger partial charge in [0.25, 0.3) is 0 Å². The van der Waals surface area contributed by atoms with Crippen LogP contribution in [0, 0.1) is 0 Å². The maximum atomic E-state index is 12.9. The summed E-state index contributed by atoms with van der Waals surface area (Å²) < 4.78 is 31.8. The zero-order valence-electron chi connectivity index (χ0n) is 15.8. The molecule has 1 saturated heterocycles. The van der Waals surface area contributed by atoms with E-state index in [1.54, 1.807) is 36.3 Å². The van der Waals surface area contributed by atoms with Crippen molar-refractivity contribution in [2.24, 2.45) is 0 Å². The average molecular weight is 466 g/mol. The summed E-state index contributed by atoms with van der Waals surface area (Å²) in [5.41, 5.74) is 1.12. The fraction of sp³-hybridized carbons (Fsp3) is 0.381. The molecule has 0 saturated carbocycles. The standard InChI is InChI=1S/C21H24BrNO4S/c1-27-18-7-9-19(10-8-18)28(25,26)20-12-14-23(15-13-20)21(24)11-4-16-2-5-17(22)6-3-16/h2-3,5-10,20H,4,11-15H2,1H3. The number of piperidine rings is 1. The summed E-state index contributed by atoms with van der Waals surface area (Å²) in [4.78, 5) is 14.6. The number of likely N-dealkylation sites (tertiary alicyclic amines) is 1. The predicted octanol–water partition coefficient (Wildman–Crippen LogP) is 3.86. The van der Waals surface area contributed by atoms with Crippen molar-refractivity contribution < 1.29 is 17.9 Å². The summed E-state index contributed by atoms with van der Waals surface area (Å²) in [5.74, 6) is 0.716. The van der Waals surface area contributed by atoms with Gasteiger partial charge >= 0.3 is 0 Å². The van der Waals surface area contributed by atoms with E-state index < -0.39 is 15.1 Å². The molecule has 3 rings (SSSR count). The van der Waals surface area contributed by atoms with Crippen LogP contribution >= 0.6 is 15.9 Å². The fourth-order valence-electron chi connectivity index (χ4n) is 3.43. The number of amides is 1. The first kappa shape index (κ1) is 20.9. The number of ether oxygens (including phenoxy) is 1. The maximum Gasteiger partial charge on any atom is 0.222 e. The van der Waals surface area contributed by atoms with Crippen LogP contribution in [0.5, 0.6) is 5.75 Å². The highest BCUT2D eigenvalue weighted by molar-refractivity contribution is 9.10. The van der Waals surface area contributed by atoms with E-state index in [2.05, 4.69) is 15.9 Å². The zero-order chi connectivity index (χ0) is 20.1. The molecule has 5 nitrogen and oxygen atoms in total. The molecule has 2 aromatic carbocycles. The van der Waals surface area contributed by atoms with Gasteiger partial charge in [0.05, 0.1) is 17.3 Å². The normalized spacial score (nSPS) is 15.4. The third-order valence-corrected chi connectivity index (χ3v) is 7.97. The Balaban J connectivity index is 1.54. The first-order valence-corrected chi connectivity index (χ1v) is 11.6. The Kier molecular flexibility index (Phi) is 6.78. The van der Waals surface area contributed by atoms with Gasteiger partial charge in [-0.05, 0) is 61.2 Å². The number of hydrogen-bond acceptors (Lipinski definition) is 4. The minimum Gasteiger partial charge on any atom is -0.497 e. The highest BCUT2D eigenvalue weighted by Crippen LogP contribution is 2.26. The lowest BCUT2D eigenvalue weighted by atomic mass is 10.1. The molecule has 7 heteroatoms. The largest absolute Gasteiger partial charge is 0.497 e. The number of sulfone groups is 1. The lowest BCUT2D eigenvalue weighted by Crippen LogP contribution is -2.42. The fourth-order valence-corrected chi connectivity index (χ4v) is 5.43. The molecule has 1 heterocycles. The highest BCUT2D eigenvalue weighted by atomic mass is 79.9. The van der Waals surface area contributed by atoms with Gasteiger partial charge in [-0.25, -0.2) is 8.42 Å². The molecule has 0 radical (unpaired) electrons. The average Bonchev–Trinajstić information content (AvgIpc) is 2.73. The van der Waals surface area contributed by atoms with Gasteiger partial charge < -0.3 is 9.64 Å². The third kappa shape index (κ3) is 4.94. The third-order valence-electron chi connectivity index (χ3n) is 5.16.